The van der Waals surface area contributed by atoms with Crippen LogP contribution in [0.3, 0.4) is 0 Å². The summed E-state index contributed by atoms with van der Waals surface area (Å²) < 4.78 is 4.88. The third-order valence-corrected chi connectivity index (χ3v) is 0.713. The summed E-state index contributed by atoms with van der Waals surface area (Å²) in [5.41, 5.74) is 0. The van der Waals surface area contributed by atoms with Crippen molar-refractivity contribution in [1.82, 2.24) is 5.23 Å². The van der Waals surface area contributed by atoms with E-state index in [9.17, 15) is 0 Å². The van der Waals surface area contributed by atoms with Gasteiger partial charge in [-0.05, 0) is 13.8 Å². The SMILES string of the molecule is C[B]NCOC(C)(C)O. The molecule has 1 radical (unpaired) electrons. The summed E-state index contributed by atoms with van der Waals surface area (Å²) in [5, 5.41) is 11.8. The molecule has 0 aromatic heterocycles. The minimum Gasteiger partial charge on any atom is -0.366 e. The van der Waals surface area contributed by atoms with Crippen molar-refractivity contribution in [2.24, 2.45) is 0 Å². The van der Waals surface area contributed by atoms with E-state index in [1.165, 1.54) is 0 Å². The Morgan fingerprint density at radius 1 is 1.67 bits per heavy atom. The van der Waals surface area contributed by atoms with Crippen molar-refractivity contribution in [1.29, 1.82) is 0 Å². The number of nitrogens with one attached hydrogen (secondary N) is 1. The lowest BCUT2D eigenvalue weighted by Gasteiger charge is -2.17. The summed E-state index contributed by atoms with van der Waals surface area (Å²) in [4.78, 5) is 0. The van der Waals surface area contributed by atoms with Crippen LogP contribution in [0.4, 0.5) is 0 Å². The second kappa shape index (κ2) is 3.87. The average molecular weight is 130 g/mol. The quantitative estimate of drug-likeness (QED) is 0.318. The second-order valence-corrected chi connectivity index (χ2v) is 2.23. The molecule has 0 aliphatic carbocycles. The molecule has 2 N–H and O–H groups in total. The molecule has 0 aromatic carbocycles. The molecule has 0 amide bonds. The fourth-order valence-electron chi connectivity index (χ4n) is 0.302. The van der Waals surface area contributed by atoms with Crippen LogP contribution >= 0.6 is 0 Å². The van der Waals surface area contributed by atoms with Crippen LogP contribution in [0.15, 0.2) is 0 Å². The van der Waals surface area contributed by atoms with E-state index in [0.29, 0.717) is 6.73 Å². The lowest BCUT2D eigenvalue weighted by molar-refractivity contribution is -0.177. The number of aliphatic hydroxyl groups is 1. The van der Waals surface area contributed by atoms with Gasteiger partial charge in [-0.2, -0.15) is 0 Å². The molecule has 0 atom stereocenters. The minimum atomic E-state index is -1.03. The van der Waals surface area contributed by atoms with Gasteiger partial charge in [0.25, 0.3) is 0 Å². The molecule has 0 aliphatic rings. The van der Waals surface area contributed by atoms with Gasteiger partial charge in [0.2, 0.25) is 7.41 Å². The van der Waals surface area contributed by atoms with Crippen molar-refractivity contribution in [3.8, 4) is 0 Å². The Balaban J connectivity index is 3.07. The lowest BCUT2D eigenvalue weighted by atomic mass is 10.0. The van der Waals surface area contributed by atoms with Crippen molar-refractivity contribution < 1.29 is 9.84 Å². The van der Waals surface area contributed by atoms with E-state index in [1.807, 2.05) is 6.82 Å². The van der Waals surface area contributed by atoms with E-state index in [1.54, 1.807) is 21.3 Å². The Bertz CT molecular complexity index is 71.8. The zero-order valence-electron chi connectivity index (χ0n) is 6.14. The predicted molar refractivity (Wildman–Crippen MR) is 37.0 cm³/mol. The van der Waals surface area contributed by atoms with Gasteiger partial charge >= 0.3 is 0 Å². The monoisotopic (exact) mass is 130 g/mol. The van der Waals surface area contributed by atoms with Crippen molar-refractivity contribution in [2.75, 3.05) is 6.73 Å². The highest BCUT2D eigenvalue weighted by molar-refractivity contribution is 6.29. The standard InChI is InChI=1S/C5H13BNO2/c1-5(2,8)9-4-7-6-3/h7-8H,4H2,1-3H3. The van der Waals surface area contributed by atoms with Crippen molar-refractivity contribution in [2.45, 2.75) is 26.5 Å². The lowest BCUT2D eigenvalue weighted by Crippen LogP contribution is -2.30. The first kappa shape index (κ1) is 8.94. The Morgan fingerprint density at radius 3 is 2.56 bits per heavy atom. The number of ether oxygens (including phenoxy) is 1. The fraction of sp³-hybridized carbons (Fsp3) is 1.00. The molecule has 0 aromatic rings. The Labute approximate surface area is 56.7 Å². The van der Waals surface area contributed by atoms with Crippen LogP contribution in [0.2, 0.25) is 6.82 Å². The van der Waals surface area contributed by atoms with E-state index >= 15 is 0 Å². The third kappa shape index (κ3) is 7.94. The molecule has 3 nitrogen and oxygen atoms in total. The molecule has 4 heteroatoms. The first-order chi connectivity index (χ1) is 4.06. The molecule has 0 saturated heterocycles. The smallest absolute Gasteiger partial charge is 0.204 e. The Kier molecular flexibility index (Phi) is 3.85. The van der Waals surface area contributed by atoms with E-state index in [0.717, 1.165) is 0 Å². The number of hydrogen-bond acceptors (Lipinski definition) is 3. The zero-order chi connectivity index (χ0) is 7.33. The summed E-state index contributed by atoms with van der Waals surface area (Å²) in [5.74, 6) is -1.03. The summed E-state index contributed by atoms with van der Waals surface area (Å²) in [7, 11) is 1.76. The highest BCUT2D eigenvalue weighted by atomic mass is 16.6. The highest BCUT2D eigenvalue weighted by Crippen LogP contribution is 1.99. The second-order valence-electron chi connectivity index (χ2n) is 2.23. The van der Waals surface area contributed by atoms with Gasteiger partial charge in [0.1, 0.15) is 0 Å². The average Bonchev–Trinajstić information content (AvgIpc) is 1.63. The van der Waals surface area contributed by atoms with Crippen LogP contribution in [-0.4, -0.2) is 25.0 Å². The summed E-state index contributed by atoms with van der Waals surface area (Å²) in [6, 6.07) is 0. The minimum absolute atomic E-state index is 0.347. The topological polar surface area (TPSA) is 41.5 Å². The highest BCUT2D eigenvalue weighted by Gasteiger charge is 2.10. The normalized spacial score (nSPS) is 11.6. The Morgan fingerprint density at radius 2 is 2.22 bits per heavy atom. The molecule has 0 saturated carbocycles. The molecule has 9 heavy (non-hydrogen) atoms. The first-order valence-corrected chi connectivity index (χ1v) is 2.94. The molecule has 0 unspecified atom stereocenters. The molecule has 0 heterocycles. The van der Waals surface area contributed by atoms with Crippen molar-refractivity contribution in [3.63, 3.8) is 0 Å². The Hall–Kier alpha value is -0.0551. The van der Waals surface area contributed by atoms with E-state index in [2.05, 4.69) is 5.23 Å². The van der Waals surface area contributed by atoms with Crippen LogP contribution in [0.5, 0.6) is 0 Å². The zero-order valence-corrected chi connectivity index (χ0v) is 6.14. The van der Waals surface area contributed by atoms with Gasteiger partial charge in [-0.25, -0.2) is 0 Å². The third-order valence-electron chi connectivity index (χ3n) is 0.713. The van der Waals surface area contributed by atoms with E-state index in [4.69, 9.17) is 9.84 Å². The van der Waals surface area contributed by atoms with Gasteiger partial charge in [0.05, 0.1) is 6.73 Å². The molecule has 0 aliphatic heterocycles. The molecule has 0 spiro atoms. The van der Waals surface area contributed by atoms with Gasteiger partial charge in [0.15, 0.2) is 5.79 Å². The van der Waals surface area contributed by atoms with Crippen LogP contribution in [0.25, 0.3) is 0 Å². The van der Waals surface area contributed by atoms with Gasteiger partial charge < -0.3 is 15.1 Å². The number of rotatable bonds is 4. The van der Waals surface area contributed by atoms with Gasteiger partial charge in [-0.1, -0.05) is 6.82 Å². The maximum atomic E-state index is 8.97. The van der Waals surface area contributed by atoms with Gasteiger partial charge in [-0.3, -0.25) is 0 Å². The maximum Gasteiger partial charge on any atom is 0.204 e. The largest absolute Gasteiger partial charge is 0.366 e. The molecule has 53 valence electrons. The summed E-state index contributed by atoms with van der Waals surface area (Å²) in [6.07, 6.45) is 0. The van der Waals surface area contributed by atoms with Crippen molar-refractivity contribution in [3.05, 3.63) is 0 Å². The summed E-state index contributed by atoms with van der Waals surface area (Å²) >= 11 is 0. The van der Waals surface area contributed by atoms with Gasteiger partial charge in [0, 0.05) is 0 Å². The van der Waals surface area contributed by atoms with Gasteiger partial charge in [-0.15, -0.1) is 0 Å². The van der Waals surface area contributed by atoms with E-state index < -0.39 is 5.79 Å². The molecular weight excluding hydrogens is 117 g/mol. The van der Waals surface area contributed by atoms with Crippen LogP contribution in [0.1, 0.15) is 13.8 Å². The first-order valence-electron chi connectivity index (χ1n) is 2.94. The predicted octanol–water partition coefficient (Wildman–Crippen LogP) is -0.0542. The molecular formula is C5H13BNO2. The van der Waals surface area contributed by atoms with Crippen LogP contribution in [0, 0.1) is 0 Å². The number of hydrogen-bond donors (Lipinski definition) is 2. The maximum absolute atomic E-state index is 8.97. The van der Waals surface area contributed by atoms with Crippen LogP contribution in [-0.2, 0) is 4.74 Å². The molecule has 0 bridgehead atoms. The molecule has 0 fully saturated rings. The van der Waals surface area contributed by atoms with Crippen molar-refractivity contribution >= 4 is 7.41 Å². The van der Waals surface area contributed by atoms with E-state index in [-0.39, 0.29) is 0 Å². The molecule has 0 rings (SSSR count). The fourth-order valence-corrected chi connectivity index (χ4v) is 0.302. The van der Waals surface area contributed by atoms with Crippen LogP contribution < -0.4 is 5.23 Å². The summed E-state index contributed by atoms with van der Waals surface area (Å²) in [6.45, 7) is 5.38.